The Labute approximate surface area is 76.7 Å². The van der Waals surface area contributed by atoms with Crippen LogP contribution in [0.4, 0.5) is 0 Å². The van der Waals surface area contributed by atoms with Crippen molar-refractivity contribution in [2.24, 2.45) is 7.05 Å². The number of nitrogens with zero attached hydrogens (tertiary/aromatic N) is 2. The number of rotatable bonds is 1. The first kappa shape index (κ1) is 8.08. The van der Waals surface area contributed by atoms with E-state index in [0.717, 1.165) is 23.9 Å². The maximum atomic E-state index is 6.09. The number of aryl methyl sites for hydroxylation is 2. The minimum atomic E-state index is 0.575. The quantitative estimate of drug-likeness (QED) is 0.710. The van der Waals surface area contributed by atoms with Gasteiger partial charge in [0.2, 0.25) is 0 Å². The van der Waals surface area contributed by atoms with Crippen LogP contribution >= 0.6 is 11.6 Å². The van der Waals surface area contributed by atoms with Crippen LogP contribution in [0.25, 0.3) is 0 Å². The molecule has 1 aliphatic rings. The highest BCUT2D eigenvalue weighted by molar-refractivity contribution is 6.30. The van der Waals surface area contributed by atoms with Crippen LogP contribution in [0, 0.1) is 6.92 Å². The fraction of sp³-hybridized carbons (Fsp3) is 0.625. The summed E-state index contributed by atoms with van der Waals surface area (Å²) >= 11 is 6.09. The number of nitrogens with one attached hydrogen (secondary N) is 1. The molecule has 2 rings (SSSR count). The number of halogens is 1. The maximum absolute atomic E-state index is 6.09. The summed E-state index contributed by atoms with van der Waals surface area (Å²) in [5.41, 5.74) is 2.28. The summed E-state index contributed by atoms with van der Waals surface area (Å²) in [7, 11) is 1.88. The van der Waals surface area contributed by atoms with Gasteiger partial charge < -0.3 is 5.32 Å². The SMILES string of the molecule is Cc1nn(C)c(Cl)c1C1CNC1. The largest absolute Gasteiger partial charge is 0.315 e. The Balaban J connectivity index is 2.40. The standard InChI is InChI=1S/C8H12ClN3/c1-5-7(6-3-10-4-6)8(9)12(2)11-5/h6,10H,3-4H2,1-2H3. The molecule has 0 aliphatic carbocycles. The third kappa shape index (κ3) is 1.04. The van der Waals surface area contributed by atoms with Gasteiger partial charge in [-0.3, -0.25) is 4.68 Å². The Hall–Kier alpha value is -0.540. The van der Waals surface area contributed by atoms with Crippen molar-refractivity contribution in [3.8, 4) is 0 Å². The Morgan fingerprint density at radius 1 is 1.58 bits per heavy atom. The lowest BCUT2D eigenvalue weighted by Crippen LogP contribution is -2.40. The van der Waals surface area contributed by atoms with Gasteiger partial charge in [0.25, 0.3) is 0 Å². The Morgan fingerprint density at radius 2 is 2.25 bits per heavy atom. The first-order valence-corrected chi connectivity index (χ1v) is 4.47. The lowest BCUT2D eigenvalue weighted by molar-refractivity contribution is 0.447. The summed E-state index contributed by atoms with van der Waals surface area (Å²) in [4.78, 5) is 0. The van der Waals surface area contributed by atoms with Gasteiger partial charge in [-0.2, -0.15) is 5.10 Å². The topological polar surface area (TPSA) is 29.9 Å². The monoisotopic (exact) mass is 185 g/mol. The van der Waals surface area contributed by atoms with Crippen LogP contribution in [0.5, 0.6) is 0 Å². The number of hydrogen-bond acceptors (Lipinski definition) is 2. The lowest BCUT2D eigenvalue weighted by Gasteiger charge is -2.27. The van der Waals surface area contributed by atoms with Gasteiger partial charge in [-0.25, -0.2) is 0 Å². The summed E-state index contributed by atoms with van der Waals surface area (Å²) in [6.45, 7) is 4.08. The van der Waals surface area contributed by atoms with Crippen LogP contribution < -0.4 is 5.32 Å². The third-order valence-electron chi connectivity index (χ3n) is 2.39. The molecule has 0 saturated carbocycles. The lowest BCUT2D eigenvalue weighted by atomic mass is 9.94. The van der Waals surface area contributed by atoms with Crippen molar-refractivity contribution in [3.05, 3.63) is 16.4 Å². The van der Waals surface area contributed by atoms with Crippen LogP contribution in [0.15, 0.2) is 0 Å². The third-order valence-corrected chi connectivity index (χ3v) is 2.83. The first-order valence-electron chi connectivity index (χ1n) is 4.10. The summed E-state index contributed by atoms with van der Waals surface area (Å²) < 4.78 is 1.74. The van der Waals surface area contributed by atoms with Gasteiger partial charge in [0.15, 0.2) is 0 Å². The predicted molar refractivity (Wildman–Crippen MR) is 48.6 cm³/mol. The van der Waals surface area contributed by atoms with Crippen molar-refractivity contribution in [3.63, 3.8) is 0 Å². The maximum Gasteiger partial charge on any atom is 0.130 e. The van der Waals surface area contributed by atoms with Gasteiger partial charge in [-0.05, 0) is 6.92 Å². The molecule has 0 bridgehead atoms. The molecule has 0 atom stereocenters. The van der Waals surface area contributed by atoms with E-state index in [9.17, 15) is 0 Å². The fourth-order valence-corrected chi connectivity index (χ4v) is 1.93. The second kappa shape index (κ2) is 2.75. The fourth-order valence-electron chi connectivity index (χ4n) is 1.60. The summed E-state index contributed by atoms with van der Waals surface area (Å²) in [6, 6.07) is 0. The average Bonchev–Trinajstić information content (AvgIpc) is 2.13. The van der Waals surface area contributed by atoms with Crippen LogP contribution in [0.2, 0.25) is 5.15 Å². The Morgan fingerprint density at radius 3 is 2.58 bits per heavy atom. The molecule has 0 aromatic carbocycles. The zero-order valence-corrected chi connectivity index (χ0v) is 8.02. The molecule has 2 heterocycles. The van der Waals surface area contributed by atoms with Gasteiger partial charge >= 0.3 is 0 Å². The number of aromatic nitrogens is 2. The molecule has 3 nitrogen and oxygen atoms in total. The molecule has 12 heavy (non-hydrogen) atoms. The Bertz CT molecular complexity index is 301. The molecule has 1 aromatic rings. The summed E-state index contributed by atoms with van der Waals surface area (Å²) in [6.07, 6.45) is 0. The van der Waals surface area contributed by atoms with E-state index in [4.69, 9.17) is 11.6 Å². The number of hydrogen-bond donors (Lipinski definition) is 1. The highest BCUT2D eigenvalue weighted by atomic mass is 35.5. The molecular weight excluding hydrogens is 174 g/mol. The molecule has 1 N–H and O–H groups in total. The molecule has 4 heteroatoms. The van der Waals surface area contributed by atoms with E-state index in [0.29, 0.717) is 5.92 Å². The van der Waals surface area contributed by atoms with E-state index in [1.807, 2.05) is 14.0 Å². The second-order valence-electron chi connectivity index (χ2n) is 3.27. The van der Waals surface area contributed by atoms with E-state index in [2.05, 4.69) is 10.4 Å². The minimum Gasteiger partial charge on any atom is -0.315 e. The van der Waals surface area contributed by atoms with Gasteiger partial charge in [-0.15, -0.1) is 0 Å². The van der Waals surface area contributed by atoms with E-state index < -0.39 is 0 Å². The van der Waals surface area contributed by atoms with Gasteiger partial charge in [0.05, 0.1) is 5.69 Å². The molecule has 0 radical (unpaired) electrons. The predicted octanol–water partition coefficient (Wildman–Crippen LogP) is 1.07. The zero-order chi connectivity index (χ0) is 8.72. The van der Waals surface area contributed by atoms with Crippen molar-refractivity contribution in [1.82, 2.24) is 15.1 Å². The van der Waals surface area contributed by atoms with Crippen molar-refractivity contribution in [1.29, 1.82) is 0 Å². The van der Waals surface area contributed by atoms with E-state index in [-0.39, 0.29) is 0 Å². The van der Waals surface area contributed by atoms with Crippen LogP contribution in [0.1, 0.15) is 17.2 Å². The molecule has 0 spiro atoms. The average molecular weight is 186 g/mol. The van der Waals surface area contributed by atoms with Crippen molar-refractivity contribution < 1.29 is 0 Å². The van der Waals surface area contributed by atoms with Crippen LogP contribution in [0.3, 0.4) is 0 Å². The summed E-state index contributed by atoms with van der Waals surface area (Å²) in [5, 5.41) is 8.29. The van der Waals surface area contributed by atoms with Crippen molar-refractivity contribution in [2.75, 3.05) is 13.1 Å². The van der Waals surface area contributed by atoms with Crippen LogP contribution in [-0.2, 0) is 7.05 Å². The molecular formula is C8H12ClN3. The highest BCUT2D eigenvalue weighted by Crippen LogP contribution is 2.29. The second-order valence-corrected chi connectivity index (χ2v) is 3.63. The van der Waals surface area contributed by atoms with Gasteiger partial charge in [0, 0.05) is 31.6 Å². The van der Waals surface area contributed by atoms with Crippen molar-refractivity contribution in [2.45, 2.75) is 12.8 Å². The van der Waals surface area contributed by atoms with Gasteiger partial charge in [-0.1, -0.05) is 11.6 Å². The molecule has 1 aromatic heterocycles. The molecule has 0 amide bonds. The minimum absolute atomic E-state index is 0.575. The molecule has 66 valence electrons. The molecule has 1 fully saturated rings. The Kier molecular flexibility index (Phi) is 1.85. The molecule has 1 aliphatic heterocycles. The molecule has 0 unspecified atom stereocenters. The normalized spacial score (nSPS) is 17.9. The summed E-state index contributed by atoms with van der Waals surface area (Å²) in [5.74, 6) is 0.575. The van der Waals surface area contributed by atoms with Crippen LogP contribution in [-0.4, -0.2) is 22.9 Å². The smallest absolute Gasteiger partial charge is 0.130 e. The van der Waals surface area contributed by atoms with E-state index in [1.165, 1.54) is 5.56 Å². The van der Waals surface area contributed by atoms with Gasteiger partial charge in [0.1, 0.15) is 5.15 Å². The van der Waals surface area contributed by atoms with Crippen molar-refractivity contribution >= 4 is 11.6 Å². The molecule has 1 saturated heterocycles. The van der Waals surface area contributed by atoms with E-state index in [1.54, 1.807) is 4.68 Å². The highest BCUT2D eigenvalue weighted by Gasteiger charge is 2.25. The first-order chi connectivity index (χ1) is 5.70. The zero-order valence-electron chi connectivity index (χ0n) is 7.26. The van der Waals surface area contributed by atoms with E-state index >= 15 is 0 Å².